The number of ether oxygens (including phenoxy) is 1. The molecule has 1 atom stereocenters. The Morgan fingerprint density at radius 2 is 1.92 bits per heavy atom. The van der Waals surface area contributed by atoms with Crippen LogP contribution in [0.3, 0.4) is 0 Å². The predicted molar refractivity (Wildman–Crippen MR) is 99.4 cm³/mol. The summed E-state index contributed by atoms with van der Waals surface area (Å²) in [6.07, 6.45) is 5.72. The molecule has 0 spiro atoms. The molecule has 4 rings (SSSR count). The summed E-state index contributed by atoms with van der Waals surface area (Å²) in [6.45, 7) is 1.63. The van der Waals surface area contributed by atoms with Crippen LogP contribution in [0.25, 0.3) is 10.8 Å². The summed E-state index contributed by atoms with van der Waals surface area (Å²) in [5, 5.41) is 1.63. The Hall–Kier alpha value is -3.01. The molecular weight excluding hydrogens is 326 g/mol. The maximum Gasteiger partial charge on any atom is 0.339 e. The average Bonchev–Trinajstić information content (AvgIpc) is 3.14. The molecule has 130 valence electrons. The van der Waals surface area contributed by atoms with Crippen LogP contribution in [-0.2, 0) is 17.6 Å². The second kappa shape index (κ2) is 6.71. The molecule has 0 fully saturated rings. The minimum absolute atomic E-state index is 0.171. The van der Waals surface area contributed by atoms with Crippen LogP contribution in [0.4, 0.5) is 0 Å². The van der Waals surface area contributed by atoms with Gasteiger partial charge in [-0.25, -0.2) is 4.79 Å². The van der Waals surface area contributed by atoms with Crippen molar-refractivity contribution in [1.82, 2.24) is 4.98 Å². The van der Waals surface area contributed by atoms with Gasteiger partial charge in [-0.1, -0.05) is 24.3 Å². The highest BCUT2D eigenvalue weighted by Crippen LogP contribution is 2.24. The molecule has 1 heterocycles. The van der Waals surface area contributed by atoms with Crippen molar-refractivity contribution in [3.8, 4) is 0 Å². The van der Waals surface area contributed by atoms with E-state index >= 15 is 0 Å². The van der Waals surface area contributed by atoms with E-state index in [2.05, 4.69) is 4.98 Å². The smallest absolute Gasteiger partial charge is 0.339 e. The zero-order chi connectivity index (χ0) is 18.1. The Bertz CT molecular complexity index is 1000. The Kier molecular flexibility index (Phi) is 4.25. The normalized spacial score (nSPS) is 14.0. The second-order valence-electron chi connectivity index (χ2n) is 6.65. The number of hydrogen-bond acceptors (Lipinski definition) is 4. The fourth-order valence-corrected chi connectivity index (χ4v) is 3.54. The molecule has 0 unspecified atom stereocenters. The summed E-state index contributed by atoms with van der Waals surface area (Å²) in [5.41, 5.74) is 3.60. The van der Waals surface area contributed by atoms with Crippen molar-refractivity contribution in [2.24, 2.45) is 0 Å². The van der Waals surface area contributed by atoms with Crippen molar-refractivity contribution < 1.29 is 14.3 Å². The molecular formula is C22H19NO3. The molecule has 4 nitrogen and oxygen atoms in total. The standard InChI is InChI=1S/C22H19NO3/c1-14(21(24)17-9-8-15-4-2-5-16(15)12-17)26-22(25)20-7-3-6-18-13-23-11-10-19(18)20/h3,6-14H,2,4-5H2,1H3/t14-/m0/s1. The lowest BCUT2D eigenvalue weighted by molar-refractivity contribution is 0.0320. The Balaban J connectivity index is 1.54. The maximum atomic E-state index is 12.7. The highest BCUT2D eigenvalue weighted by atomic mass is 16.5. The number of fused-ring (bicyclic) bond motifs is 2. The number of rotatable bonds is 4. The third-order valence-electron chi connectivity index (χ3n) is 4.94. The predicted octanol–water partition coefficient (Wildman–Crippen LogP) is 4.15. The second-order valence-corrected chi connectivity index (χ2v) is 6.65. The topological polar surface area (TPSA) is 56.3 Å². The van der Waals surface area contributed by atoms with Gasteiger partial charge >= 0.3 is 5.97 Å². The van der Waals surface area contributed by atoms with E-state index in [0.717, 1.165) is 30.0 Å². The van der Waals surface area contributed by atoms with Crippen LogP contribution in [0.5, 0.6) is 0 Å². The fraction of sp³-hybridized carbons (Fsp3) is 0.227. The number of Topliss-reactive ketones (excluding diaryl/α,β-unsaturated/α-hetero) is 1. The number of benzene rings is 2. The molecule has 0 aliphatic heterocycles. The molecule has 2 aromatic carbocycles. The largest absolute Gasteiger partial charge is 0.451 e. The van der Waals surface area contributed by atoms with Gasteiger partial charge in [0, 0.05) is 23.3 Å². The SMILES string of the molecule is C[C@H](OC(=O)c1cccc2cnccc12)C(=O)c1ccc2c(c1)CCC2. The molecule has 26 heavy (non-hydrogen) atoms. The number of aryl methyl sites for hydroxylation is 2. The van der Waals surface area contributed by atoms with Gasteiger partial charge in [0.2, 0.25) is 5.78 Å². The zero-order valence-electron chi connectivity index (χ0n) is 14.6. The molecule has 0 saturated heterocycles. The van der Waals surface area contributed by atoms with E-state index in [4.69, 9.17) is 4.74 Å². The number of nitrogens with zero attached hydrogens (tertiary/aromatic N) is 1. The lowest BCUT2D eigenvalue weighted by Gasteiger charge is -2.14. The third kappa shape index (κ3) is 2.99. The quantitative estimate of drug-likeness (QED) is 0.526. The minimum Gasteiger partial charge on any atom is -0.451 e. The van der Waals surface area contributed by atoms with Gasteiger partial charge in [-0.15, -0.1) is 0 Å². The molecule has 1 aromatic heterocycles. The molecule has 0 saturated carbocycles. The third-order valence-corrected chi connectivity index (χ3v) is 4.94. The van der Waals surface area contributed by atoms with Gasteiger partial charge in [-0.3, -0.25) is 9.78 Å². The monoisotopic (exact) mass is 345 g/mol. The van der Waals surface area contributed by atoms with Crippen molar-refractivity contribution in [3.05, 3.63) is 77.1 Å². The number of carbonyl (C=O) groups is 2. The fourth-order valence-electron chi connectivity index (χ4n) is 3.54. The van der Waals surface area contributed by atoms with E-state index in [0.29, 0.717) is 11.1 Å². The number of esters is 1. The van der Waals surface area contributed by atoms with Gasteiger partial charge in [-0.05, 0) is 60.9 Å². The first-order valence-corrected chi connectivity index (χ1v) is 8.83. The van der Waals surface area contributed by atoms with Gasteiger partial charge in [0.15, 0.2) is 6.10 Å². The highest BCUT2D eigenvalue weighted by molar-refractivity contribution is 6.06. The maximum absolute atomic E-state index is 12.7. The van der Waals surface area contributed by atoms with E-state index in [1.165, 1.54) is 11.1 Å². The van der Waals surface area contributed by atoms with Crippen LogP contribution in [0.1, 0.15) is 45.2 Å². The first-order chi connectivity index (χ1) is 12.6. The summed E-state index contributed by atoms with van der Waals surface area (Å²) < 4.78 is 5.47. The lowest BCUT2D eigenvalue weighted by atomic mass is 10.0. The summed E-state index contributed by atoms with van der Waals surface area (Å²) in [6, 6.07) is 12.9. The molecule has 1 aliphatic rings. The van der Waals surface area contributed by atoms with Crippen molar-refractivity contribution in [2.45, 2.75) is 32.3 Å². The van der Waals surface area contributed by atoms with E-state index in [-0.39, 0.29) is 5.78 Å². The van der Waals surface area contributed by atoms with E-state index < -0.39 is 12.1 Å². The average molecular weight is 345 g/mol. The highest BCUT2D eigenvalue weighted by Gasteiger charge is 2.23. The van der Waals surface area contributed by atoms with Crippen LogP contribution in [0, 0.1) is 0 Å². The molecule has 0 bridgehead atoms. The summed E-state index contributed by atoms with van der Waals surface area (Å²) in [5.74, 6) is -0.668. The summed E-state index contributed by atoms with van der Waals surface area (Å²) in [4.78, 5) is 29.3. The van der Waals surface area contributed by atoms with Gasteiger partial charge < -0.3 is 4.74 Å². The molecule has 3 aromatic rings. The van der Waals surface area contributed by atoms with Crippen molar-refractivity contribution in [1.29, 1.82) is 0 Å². The van der Waals surface area contributed by atoms with Crippen LogP contribution < -0.4 is 0 Å². The number of ketones is 1. The molecule has 4 heteroatoms. The van der Waals surface area contributed by atoms with Crippen LogP contribution in [0.2, 0.25) is 0 Å². The molecule has 0 N–H and O–H groups in total. The van der Waals surface area contributed by atoms with E-state index in [9.17, 15) is 9.59 Å². The number of carbonyl (C=O) groups excluding carboxylic acids is 2. The van der Waals surface area contributed by atoms with Gasteiger partial charge in [0.05, 0.1) is 5.56 Å². The number of aromatic nitrogens is 1. The molecule has 0 radical (unpaired) electrons. The number of hydrogen-bond donors (Lipinski definition) is 0. The Morgan fingerprint density at radius 1 is 1.08 bits per heavy atom. The van der Waals surface area contributed by atoms with Crippen molar-refractivity contribution in [3.63, 3.8) is 0 Å². The lowest BCUT2D eigenvalue weighted by Crippen LogP contribution is -2.24. The minimum atomic E-state index is -0.834. The Morgan fingerprint density at radius 3 is 2.81 bits per heavy atom. The van der Waals surface area contributed by atoms with Crippen LogP contribution >= 0.6 is 0 Å². The Labute approximate surface area is 151 Å². The van der Waals surface area contributed by atoms with E-state index in [1.54, 1.807) is 37.5 Å². The first-order valence-electron chi connectivity index (χ1n) is 8.83. The van der Waals surface area contributed by atoms with Crippen LogP contribution in [-0.4, -0.2) is 22.8 Å². The summed E-state index contributed by atoms with van der Waals surface area (Å²) >= 11 is 0. The van der Waals surface area contributed by atoms with Crippen molar-refractivity contribution in [2.75, 3.05) is 0 Å². The van der Waals surface area contributed by atoms with E-state index in [1.807, 2.05) is 24.3 Å². The number of pyridine rings is 1. The van der Waals surface area contributed by atoms with Gasteiger partial charge in [-0.2, -0.15) is 0 Å². The van der Waals surface area contributed by atoms with Gasteiger partial charge in [0.25, 0.3) is 0 Å². The van der Waals surface area contributed by atoms with Gasteiger partial charge in [0.1, 0.15) is 0 Å². The molecule has 1 aliphatic carbocycles. The molecule has 0 amide bonds. The zero-order valence-corrected chi connectivity index (χ0v) is 14.6. The first kappa shape index (κ1) is 16.5. The van der Waals surface area contributed by atoms with Crippen molar-refractivity contribution >= 4 is 22.5 Å². The van der Waals surface area contributed by atoms with Crippen LogP contribution in [0.15, 0.2) is 54.9 Å². The summed E-state index contributed by atoms with van der Waals surface area (Å²) in [7, 11) is 0.